The topological polar surface area (TPSA) is 62.7 Å². The van der Waals surface area contributed by atoms with Crippen LogP contribution in [0.5, 0.6) is 0 Å². The Hall–Kier alpha value is -1.95. The number of carbonyl (C=O) groups excluding carboxylic acids is 2. The Morgan fingerprint density at radius 1 is 1.16 bits per heavy atom. The molecule has 2 aliphatic carbocycles. The van der Waals surface area contributed by atoms with E-state index in [-0.39, 0.29) is 41.8 Å². The van der Waals surface area contributed by atoms with Crippen molar-refractivity contribution in [2.45, 2.75) is 84.0 Å². The predicted molar refractivity (Wildman–Crippen MR) is 119 cm³/mol. The molecule has 2 saturated carbocycles. The van der Waals surface area contributed by atoms with E-state index in [1.807, 2.05) is 23.1 Å². The van der Waals surface area contributed by atoms with E-state index >= 15 is 0 Å². The fraction of sp³-hybridized carbons (Fsp3) is 0.720. The van der Waals surface area contributed by atoms with Gasteiger partial charge in [-0.15, -0.1) is 0 Å². The van der Waals surface area contributed by atoms with Crippen LogP contribution < -0.4 is 0 Å². The lowest BCUT2D eigenvalue weighted by Gasteiger charge is -2.34. The zero-order valence-electron chi connectivity index (χ0n) is 19.1. The summed E-state index contributed by atoms with van der Waals surface area (Å²) in [7, 11) is 0. The van der Waals surface area contributed by atoms with E-state index < -0.39 is 0 Å². The van der Waals surface area contributed by atoms with E-state index in [9.17, 15) is 9.59 Å². The van der Waals surface area contributed by atoms with Gasteiger partial charge in [0.1, 0.15) is 0 Å². The summed E-state index contributed by atoms with van der Waals surface area (Å²) in [6, 6.07) is 6.07. The third kappa shape index (κ3) is 4.94. The molecular weight excluding hydrogens is 390 g/mol. The van der Waals surface area contributed by atoms with Gasteiger partial charge in [-0.2, -0.15) is 0 Å². The van der Waals surface area contributed by atoms with Crippen molar-refractivity contribution in [3.63, 3.8) is 0 Å². The van der Waals surface area contributed by atoms with Gasteiger partial charge < -0.3 is 14.5 Å². The summed E-state index contributed by atoms with van der Waals surface area (Å²) in [6.07, 6.45) is 10.3. The van der Waals surface area contributed by atoms with Crippen LogP contribution >= 0.6 is 0 Å². The molecule has 2 heterocycles. The molecule has 1 aromatic rings. The first kappa shape index (κ1) is 22.3. The number of aromatic nitrogens is 1. The summed E-state index contributed by atoms with van der Waals surface area (Å²) < 4.78 is 6.25. The Kier molecular flexibility index (Phi) is 6.95. The largest absolute Gasteiger partial charge is 0.368 e. The molecular formula is C25H37N3O3. The summed E-state index contributed by atoms with van der Waals surface area (Å²) in [5.41, 5.74) is 1.01. The van der Waals surface area contributed by atoms with E-state index in [4.69, 9.17) is 4.74 Å². The van der Waals surface area contributed by atoms with Crippen LogP contribution in [0.2, 0.25) is 0 Å². The molecule has 0 aromatic carbocycles. The fourth-order valence-corrected chi connectivity index (χ4v) is 5.60. The number of pyridine rings is 1. The Morgan fingerprint density at radius 2 is 1.94 bits per heavy atom. The minimum atomic E-state index is -0.185. The number of nitrogens with zero attached hydrogens (tertiary/aromatic N) is 3. The highest BCUT2D eigenvalue weighted by Gasteiger charge is 2.56. The minimum absolute atomic E-state index is 0.0629. The first-order valence-electron chi connectivity index (χ1n) is 12.2. The SMILES string of the molecule is CCC1(CC)CC1C(=O)N1CC(=O)N(C2CCCCC2)CC(OCc2ccccn2)C1. The van der Waals surface area contributed by atoms with Crippen LogP contribution in [-0.4, -0.2) is 58.4 Å². The third-order valence-electron chi connectivity index (χ3n) is 7.89. The normalized spacial score (nSPS) is 26.6. The molecule has 3 aliphatic rings. The van der Waals surface area contributed by atoms with Gasteiger partial charge in [0.15, 0.2) is 0 Å². The Labute approximate surface area is 186 Å². The monoisotopic (exact) mass is 427 g/mol. The second-order valence-corrected chi connectivity index (χ2v) is 9.64. The lowest BCUT2D eigenvalue weighted by atomic mass is 9.94. The molecule has 31 heavy (non-hydrogen) atoms. The number of hydrogen-bond acceptors (Lipinski definition) is 4. The van der Waals surface area contributed by atoms with Crippen LogP contribution in [0.1, 0.15) is 70.9 Å². The lowest BCUT2D eigenvalue weighted by Crippen LogP contribution is -2.46. The average Bonchev–Trinajstić information content (AvgIpc) is 3.58. The van der Waals surface area contributed by atoms with Crippen molar-refractivity contribution in [3.8, 4) is 0 Å². The van der Waals surface area contributed by atoms with E-state index in [2.05, 4.69) is 18.8 Å². The first-order valence-corrected chi connectivity index (χ1v) is 12.2. The summed E-state index contributed by atoms with van der Waals surface area (Å²) in [6.45, 7) is 6.00. The Morgan fingerprint density at radius 3 is 2.58 bits per heavy atom. The summed E-state index contributed by atoms with van der Waals surface area (Å²) in [5, 5.41) is 0. The van der Waals surface area contributed by atoms with Gasteiger partial charge in [0.2, 0.25) is 11.8 Å². The van der Waals surface area contributed by atoms with Crippen molar-refractivity contribution in [1.82, 2.24) is 14.8 Å². The Bertz CT molecular complexity index is 759. The molecule has 6 nitrogen and oxygen atoms in total. The maximum absolute atomic E-state index is 13.4. The third-order valence-corrected chi connectivity index (χ3v) is 7.89. The molecule has 4 rings (SSSR count). The maximum Gasteiger partial charge on any atom is 0.242 e. The van der Waals surface area contributed by atoms with Gasteiger partial charge in [-0.1, -0.05) is 39.2 Å². The molecule has 1 aliphatic heterocycles. The molecule has 3 fully saturated rings. The van der Waals surface area contributed by atoms with Crippen LogP contribution in [0.15, 0.2) is 24.4 Å². The summed E-state index contributed by atoms with van der Waals surface area (Å²) in [5.74, 6) is 0.297. The molecule has 0 N–H and O–H groups in total. The smallest absolute Gasteiger partial charge is 0.242 e. The molecule has 2 unspecified atom stereocenters. The molecule has 6 heteroatoms. The first-order chi connectivity index (χ1) is 15.1. The van der Waals surface area contributed by atoms with Gasteiger partial charge in [-0.3, -0.25) is 14.6 Å². The molecule has 1 saturated heterocycles. The molecule has 170 valence electrons. The van der Waals surface area contributed by atoms with Crippen LogP contribution in [0.4, 0.5) is 0 Å². The van der Waals surface area contributed by atoms with Gasteiger partial charge >= 0.3 is 0 Å². The van der Waals surface area contributed by atoms with Gasteiger partial charge in [-0.25, -0.2) is 0 Å². The van der Waals surface area contributed by atoms with Crippen LogP contribution in [-0.2, 0) is 20.9 Å². The second-order valence-electron chi connectivity index (χ2n) is 9.64. The summed E-state index contributed by atoms with van der Waals surface area (Å²) in [4.78, 5) is 34.8. The number of hydrogen-bond donors (Lipinski definition) is 0. The standard InChI is InChI=1S/C25H37N3O3/c1-3-25(4-2)14-22(25)24(30)27-15-21(31-18-19-10-8-9-13-26-19)16-28(23(29)17-27)20-11-6-5-7-12-20/h8-10,13,20-22H,3-7,11-12,14-18H2,1-2H3. The molecule has 0 radical (unpaired) electrons. The second kappa shape index (κ2) is 9.68. The summed E-state index contributed by atoms with van der Waals surface area (Å²) >= 11 is 0. The van der Waals surface area contributed by atoms with Crippen molar-refractivity contribution in [2.24, 2.45) is 11.3 Å². The average molecular weight is 428 g/mol. The molecule has 0 bridgehead atoms. The predicted octanol–water partition coefficient (Wildman–Crippen LogP) is 3.80. The number of carbonyl (C=O) groups is 2. The lowest BCUT2D eigenvalue weighted by molar-refractivity contribution is -0.141. The van der Waals surface area contributed by atoms with Crippen molar-refractivity contribution in [3.05, 3.63) is 30.1 Å². The minimum Gasteiger partial charge on any atom is -0.368 e. The van der Waals surface area contributed by atoms with Gasteiger partial charge in [-0.05, 0) is 49.7 Å². The highest BCUT2D eigenvalue weighted by atomic mass is 16.5. The highest BCUT2D eigenvalue weighted by molar-refractivity contribution is 5.88. The number of ether oxygens (including phenoxy) is 1. The number of rotatable bonds is 7. The van der Waals surface area contributed by atoms with E-state index in [1.165, 1.54) is 19.3 Å². The molecule has 0 spiro atoms. The highest BCUT2D eigenvalue weighted by Crippen LogP contribution is 2.58. The van der Waals surface area contributed by atoms with Crippen molar-refractivity contribution >= 4 is 11.8 Å². The van der Waals surface area contributed by atoms with Crippen LogP contribution in [0.25, 0.3) is 0 Å². The van der Waals surface area contributed by atoms with Crippen LogP contribution in [0.3, 0.4) is 0 Å². The van der Waals surface area contributed by atoms with Crippen molar-refractivity contribution < 1.29 is 14.3 Å². The van der Waals surface area contributed by atoms with Gasteiger partial charge in [0.25, 0.3) is 0 Å². The van der Waals surface area contributed by atoms with Gasteiger partial charge in [0, 0.05) is 31.2 Å². The Balaban J connectivity index is 1.49. The molecule has 2 atom stereocenters. The van der Waals surface area contributed by atoms with E-state index in [1.54, 1.807) is 11.1 Å². The van der Waals surface area contributed by atoms with Crippen molar-refractivity contribution in [2.75, 3.05) is 19.6 Å². The van der Waals surface area contributed by atoms with Gasteiger partial charge in [0.05, 0.1) is 24.9 Å². The molecule has 2 amide bonds. The van der Waals surface area contributed by atoms with E-state index in [0.29, 0.717) is 19.7 Å². The zero-order chi connectivity index (χ0) is 21.8. The quantitative estimate of drug-likeness (QED) is 0.664. The zero-order valence-corrected chi connectivity index (χ0v) is 19.1. The van der Waals surface area contributed by atoms with Crippen molar-refractivity contribution in [1.29, 1.82) is 0 Å². The number of amides is 2. The fourth-order valence-electron chi connectivity index (χ4n) is 5.60. The van der Waals surface area contributed by atoms with E-state index in [0.717, 1.165) is 37.8 Å². The van der Waals surface area contributed by atoms with Crippen LogP contribution in [0, 0.1) is 11.3 Å². The molecule has 1 aromatic heterocycles. The maximum atomic E-state index is 13.4.